The number of hydrogen-bond acceptors (Lipinski definition) is 2. The first-order chi connectivity index (χ1) is 11.3. The zero-order valence-corrected chi connectivity index (χ0v) is 14.3. The molecular weight excluding hydrogens is 282 g/mol. The highest BCUT2D eigenvalue weighted by molar-refractivity contribution is 5.79. The molecule has 2 heteroatoms. The number of ether oxygens (including phenoxy) is 1. The van der Waals surface area contributed by atoms with Gasteiger partial charge in [-0.3, -0.25) is 4.99 Å². The topological polar surface area (TPSA) is 21.6 Å². The van der Waals surface area contributed by atoms with Crippen molar-refractivity contribution < 1.29 is 4.74 Å². The summed E-state index contributed by atoms with van der Waals surface area (Å²) in [5, 5.41) is 0. The van der Waals surface area contributed by atoms with E-state index < -0.39 is 0 Å². The van der Waals surface area contributed by atoms with Crippen molar-refractivity contribution in [3.05, 3.63) is 65.2 Å². The lowest BCUT2D eigenvalue weighted by atomic mass is 10.2. The number of benzene rings is 2. The predicted molar refractivity (Wildman–Crippen MR) is 98.6 cm³/mol. The molecule has 0 fully saturated rings. The van der Waals surface area contributed by atoms with Crippen LogP contribution in [0.15, 0.2) is 53.5 Å². The Morgan fingerprint density at radius 3 is 2.35 bits per heavy atom. The van der Waals surface area contributed by atoms with Crippen molar-refractivity contribution in [2.75, 3.05) is 6.54 Å². The monoisotopic (exact) mass is 309 g/mol. The molecule has 0 spiro atoms. The highest BCUT2D eigenvalue weighted by Crippen LogP contribution is 2.14. The highest BCUT2D eigenvalue weighted by Gasteiger charge is 1.96. The summed E-state index contributed by atoms with van der Waals surface area (Å²) in [6, 6.07) is 16.6. The van der Waals surface area contributed by atoms with E-state index in [1.165, 1.54) is 36.8 Å². The van der Waals surface area contributed by atoms with Crippen LogP contribution < -0.4 is 4.74 Å². The van der Waals surface area contributed by atoms with Crippen LogP contribution in [0.4, 0.5) is 0 Å². The molecule has 0 radical (unpaired) electrons. The maximum atomic E-state index is 5.81. The number of rotatable bonds is 9. The molecule has 0 saturated carbocycles. The fraction of sp³-hybridized carbons (Fsp3) is 0.381. The van der Waals surface area contributed by atoms with Gasteiger partial charge in [0.2, 0.25) is 0 Å². The first-order valence-electron chi connectivity index (χ1n) is 8.56. The standard InChI is InChI=1S/C21H27NO/c1-3-4-5-6-15-22-16-19-11-13-21(14-12-19)23-17-20-9-7-18(2)8-10-20/h7-14,16H,3-6,15,17H2,1-2H3. The normalized spacial score (nSPS) is 11.0. The third-order valence-electron chi connectivity index (χ3n) is 3.79. The van der Waals surface area contributed by atoms with Gasteiger partial charge in [-0.2, -0.15) is 0 Å². The predicted octanol–water partition coefficient (Wildman–Crippen LogP) is 5.57. The first-order valence-corrected chi connectivity index (χ1v) is 8.56. The fourth-order valence-corrected chi connectivity index (χ4v) is 2.30. The van der Waals surface area contributed by atoms with E-state index in [-0.39, 0.29) is 0 Å². The molecule has 2 aromatic carbocycles. The third-order valence-corrected chi connectivity index (χ3v) is 3.79. The molecule has 0 atom stereocenters. The van der Waals surface area contributed by atoms with Crippen LogP contribution in [0.1, 0.15) is 49.3 Å². The maximum absolute atomic E-state index is 5.81. The minimum atomic E-state index is 0.602. The van der Waals surface area contributed by atoms with Crippen LogP contribution >= 0.6 is 0 Å². The summed E-state index contributed by atoms with van der Waals surface area (Å²) in [5.74, 6) is 0.894. The summed E-state index contributed by atoms with van der Waals surface area (Å²) in [7, 11) is 0. The molecule has 2 nitrogen and oxygen atoms in total. The van der Waals surface area contributed by atoms with E-state index in [2.05, 4.69) is 55.2 Å². The molecule has 23 heavy (non-hydrogen) atoms. The summed E-state index contributed by atoms with van der Waals surface area (Å²) in [6.07, 6.45) is 6.99. The molecule has 2 aromatic rings. The number of aryl methyl sites for hydroxylation is 1. The van der Waals surface area contributed by atoms with Crippen LogP contribution in [0.3, 0.4) is 0 Å². The maximum Gasteiger partial charge on any atom is 0.119 e. The highest BCUT2D eigenvalue weighted by atomic mass is 16.5. The smallest absolute Gasteiger partial charge is 0.119 e. The Balaban J connectivity index is 1.75. The largest absolute Gasteiger partial charge is 0.489 e. The van der Waals surface area contributed by atoms with E-state index in [4.69, 9.17) is 4.74 Å². The molecule has 0 N–H and O–H groups in total. The van der Waals surface area contributed by atoms with E-state index in [0.717, 1.165) is 17.9 Å². The fourth-order valence-electron chi connectivity index (χ4n) is 2.30. The van der Waals surface area contributed by atoms with Gasteiger partial charge < -0.3 is 4.74 Å². The van der Waals surface area contributed by atoms with Crippen molar-refractivity contribution >= 4 is 6.21 Å². The quantitative estimate of drug-likeness (QED) is 0.438. The molecule has 0 saturated heterocycles. The summed E-state index contributed by atoms with van der Waals surface area (Å²) in [5.41, 5.74) is 3.59. The molecule has 0 aliphatic carbocycles. The lowest BCUT2D eigenvalue weighted by molar-refractivity contribution is 0.306. The van der Waals surface area contributed by atoms with Crippen molar-refractivity contribution in [2.45, 2.75) is 46.1 Å². The first kappa shape index (κ1) is 17.3. The Hall–Kier alpha value is -2.09. The molecule has 2 rings (SSSR count). The van der Waals surface area contributed by atoms with Crippen LogP contribution in [-0.4, -0.2) is 12.8 Å². The number of unbranched alkanes of at least 4 members (excludes halogenated alkanes) is 3. The second-order valence-corrected chi connectivity index (χ2v) is 5.94. The van der Waals surface area contributed by atoms with E-state index in [1.807, 2.05) is 18.3 Å². The average Bonchev–Trinajstić information content (AvgIpc) is 2.58. The molecule has 0 aliphatic heterocycles. The second-order valence-electron chi connectivity index (χ2n) is 5.94. The van der Waals surface area contributed by atoms with Gasteiger partial charge in [0.25, 0.3) is 0 Å². The molecular formula is C21H27NO. The van der Waals surface area contributed by atoms with Crippen LogP contribution in [0, 0.1) is 6.92 Å². The minimum Gasteiger partial charge on any atom is -0.489 e. The molecule has 0 heterocycles. The van der Waals surface area contributed by atoms with Gasteiger partial charge in [0.15, 0.2) is 0 Å². The van der Waals surface area contributed by atoms with Crippen molar-refractivity contribution in [2.24, 2.45) is 4.99 Å². The van der Waals surface area contributed by atoms with Gasteiger partial charge >= 0.3 is 0 Å². The van der Waals surface area contributed by atoms with Gasteiger partial charge in [0.05, 0.1) is 0 Å². The van der Waals surface area contributed by atoms with Gasteiger partial charge in [-0.15, -0.1) is 0 Å². The van der Waals surface area contributed by atoms with Gasteiger partial charge in [-0.1, -0.05) is 56.0 Å². The van der Waals surface area contributed by atoms with E-state index >= 15 is 0 Å². The lowest BCUT2D eigenvalue weighted by Gasteiger charge is -2.06. The Morgan fingerprint density at radius 2 is 1.65 bits per heavy atom. The molecule has 0 unspecified atom stereocenters. The average molecular weight is 309 g/mol. The SMILES string of the molecule is CCCCCCN=Cc1ccc(OCc2ccc(C)cc2)cc1. The molecule has 0 aromatic heterocycles. The van der Waals surface area contributed by atoms with Crippen LogP contribution in [-0.2, 0) is 6.61 Å². The van der Waals surface area contributed by atoms with Gasteiger partial charge in [0, 0.05) is 12.8 Å². The lowest BCUT2D eigenvalue weighted by Crippen LogP contribution is -1.95. The van der Waals surface area contributed by atoms with Crippen LogP contribution in [0.25, 0.3) is 0 Å². The Labute approximate surface area is 140 Å². The molecule has 122 valence electrons. The molecule has 0 amide bonds. The number of hydrogen-bond donors (Lipinski definition) is 0. The van der Waals surface area contributed by atoms with E-state index in [1.54, 1.807) is 0 Å². The van der Waals surface area contributed by atoms with E-state index in [0.29, 0.717) is 6.61 Å². The minimum absolute atomic E-state index is 0.602. The Bertz CT molecular complexity index is 584. The van der Waals surface area contributed by atoms with E-state index in [9.17, 15) is 0 Å². The molecule has 0 aliphatic rings. The Kier molecular flexibility index (Phi) is 7.38. The summed E-state index contributed by atoms with van der Waals surface area (Å²) >= 11 is 0. The Morgan fingerprint density at radius 1 is 0.913 bits per heavy atom. The zero-order valence-electron chi connectivity index (χ0n) is 14.3. The second kappa shape index (κ2) is 9.83. The van der Waals surface area contributed by atoms with Crippen molar-refractivity contribution in [1.29, 1.82) is 0 Å². The van der Waals surface area contributed by atoms with Crippen molar-refractivity contribution in [1.82, 2.24) is 0 Å². The van der Waals surface area contributed by atoms with Crippen molar-refractivity contribution in [3.8, 4) is 5.75 Å². The summed E-state index contributed by atoms with van der Waals surface area (Å²) in [4.78, 5) is 4.48. The van der Waals surface area contributed by atoms with Gasteiger partial charge in [-0.25, -0.2) is 0 Å². The van der Waals surface area contributed by atoms with Gasteiger partial charge in [-0.05, 0) is 48.7 Å². The third kappa shape index (κ3) is 6.68. The van der Waals surface area contributed by atoms with Crippen LogP contribution in [0.5, 0.6) is 5.75 Å². The number of aliphatic imine (C=N–C) groups is 1. The molecule has 0 bridgehead atoms. The van der Waals surface area contributed by atoms with Gasteiger partial charge in [0.1, 0.15) is 12.4 Å². The summed E-state index contributed by atoms with van der Waals surface area (Å²) in [6.45, 7) is 5.84. The number of nitrogens with zero attached hydrogens (tertiary/aromatic N) is 1. The van der Waals surface area contributed by atoms with Crippen LogP contribution in [0.2, 0.25) is 0 Å². The summed E-state index contributed by atoms with van der Waals surface area (Å²) < 4.78 is 5.81. The zero-order chi connectivity index (χ0) is 16.3. The van der Waals surface area contributed by atoms with Crippen molar-refractivity contribution in [3.63, 3.8) is 0 Å².